The Kier molecular flexibility index (Phi) is 2.13. The highest BCUT2D eigenvalue weighted by Gasteiger charge is 2.04. The summed E-state index contributed by atoms with van der Waals surface area (Å²) >= 11 is -2.22. The maximum absolute atomic E-state index is 12.5. The summed E-state index contributed by atoms with van der Waals surface area (Å²) in [7, 11) is 0. The highest BCUT2D eigenvalue weighted by molar-refractivity contribution is 7.79. The van der Waals surface area contributed by atoms with Crippen LogP contribution in [0, 0.1) is 5.82 Å². The first-order chi connectivity index (χ1) is 4.72. The second-order valence-electron chi connectivity index (χ2n) is 1.68. The molecule has 0 amide bonds. The molecule has 1 aromatic rings. The number of benzene rings is 1. The summed E-state index contributed by atoms with van der Waals surface area (Å²) in [5.74, 6) is -0.650. The van der Waals surface area contributed by atoms with Gasteiger partial charge in [-0.1, -0.05) is 12.1 Å². The maximum atomic E-state index is 12.5. The molecule has 1 aromatic carbocycles. The Bertz CT molecular complexity index is 262. The van der Waals surface area contributed by atoms with E-state index in [-0.39, 0.29) is 4.90 Å². The molecular weight excluding hydrogens is 155 g/mol. The molecule has 0 aliphatic heterocycles. The van der Waals surface area contributed by atoms with E-state index in [2.05, 4.69) is 0 Å². The van der Waals surface area contributed by atoms with Crippen molar-refractivity contribution in [2.24, 2.45) is 0 Å². The minimum Gasteiger partial charge on any atom is -0.302 e. The number of hydrogen-bond donors (Lipinski definition) is 1. The van der Waals surface area contributed by atoms with Crippen molar-refractivity contribution < 1.29 is 13.2 Å². The quantitative estimate of drug-likeness (QED) is 0.630. The summed E-state index contributed by atoms with van der Waals surface area (Å²) < 4.78 is 31.2. The fourth-order valence-electron chi connectivity index (χ4n) is 0.586. The maximum Gasteiger partial charge on any atom is 0.189 e. The summed E-state index contributed by atoms with van der Waals surface area (Å²) in [5, 5.41) is 0. The second-order valence-corrected chi connectivity index (χ2v) is 2.62. The van der Waals surface area contributed by atoms with E-state index in [9.17, 15) is 8.60 Å². The molecule has 1 unspecified atom stereocenters. The Hall–Kier alpha value is -0.740. The van der Waals surface area contributed by atoms with Gasteiger partial charge in [0.15, 0.2) is 11.1 Å². The molecule has 1 atom stereocenters. The van der Waals surface area contributed by atoms with Crippen LogP contribution in [0.25, 0.3) is 0 Å². The largest absolute Gasteiger partial charge is 0.302 e. The molecule has 0 fully saturated rings. The van der Waals surface area contributed by atoms with Gasteiger partial charge in [0.05, 0.1) is 0 Å². The highest BCUT2D eigenvalue weighted by Crippen LogP contribution is 2.08. The lowest BCUT2D eigenvalue weighted by Crippen LogP contribution is -1.91. The van der Waals surface area contributed by atoms with Crippen molar-refractivity contribution in [3.8, 4) is 0 Å². The van der Waals surface area contributed by atoms with Gasteiger partial charge in [-0.3, -0.25) is 0 Å². The predicted molar refractivity (Wildman–Crippen MR) is 35.4 cm³/mol. The molecule has 0 aliphatic carbocycles. The zero-order valence-electron chi connectivity index (χ0n) is 4.95. The molecule has 0 radical (unpaired) electrons. The van der Waals surface area contributed by atoms with Crippen LogP contribution in [0.4, 0.5) is 4.39 Å². The van der Waals surface area contributed by atoms with Crippen LogP contribution < -0.4 is 0 Å². The minimum atomic E-state index is -2.22. The summed E-state index contributed by atoms with van der Waals surface area (Å²) in [6.45, 7) is 0. The van der Waals surface area contributed by atoms with Crippen LogP contribution in [-0.2, 0) is 11.1 Å². The first kappa shape index (κ1) is 7.37. The van der Waals surface area contributed by atoms with Gasteiger partial charge in [0, 0.05) is 0 Å². The van der Waals surface area contributed by atoms with Crippen molar-refractivity contribution in [1.29, 1.82) is 0 Å². The van der Waals surface area contributed by atoms with Crippen LogP contribution in [0.15, 0.2) is 29.2 Å². The zero-order chi connectivity index (χ0) is 7.56. The fourth-order valence-corrected chi connectivity index (χ4v) is 1.02. The van der Waals surface area contributed by atoms with Gasteiger partial charge in [-0.2, -0.15) is 0 Å². The van der Waals surface area contributed by atoms with Gasteiger partial charge in [-0.15, -0.1) is 0 Å². The molecule has 1 N–H and O–H groups in total. The van der Waals surface area contributed by atoms with Gasteiger partial charge in [0.25, 0.3) is 0 Å². The van der Waals surface area contributed by atoms with Crippen molar-refractivity contribution >= 4 is 11.1 Å². The smallest absolute Gasteiger partial charge is 0.189 e. The molecule has 0 heterocycles. The molecule has 54 valence electrons. The van der Waals surface area contributed by atoms with E-state index in [1.165, 1.54) is 18.2 Å². The van der Waals surface area contributed by atoms with Gasteiger partial charge in [-0.25, -0.2) is 8.60 Å². The van der Waals surface area contributed by atoms with Crippen LogP contribution in [0.1, 0.15) is 0 Å². The van der Waals surface area contributed by atoms with Gasteiger partial charge >= 0.3 is 0 Å². The standard InChI is InChI=1S/C6H5FO2S/c7-5-3-1-2-4-6(5)10(8)9/h1-4H,(H,8,9). The molecule has 4 heteroatoms. The van der Waals surface area contributed by atoms with E-state index >= 15 is 0 Å². The van der Waals surface area contributed by atoms with Crippen LogP contribution in [0.5, 0.6) is 0 Å². The number of hydrogen-bond acceptors (Lipinski definition) is 1. The Labute approximate surface area is 60.0 Å². The Morgan fingerprint density at radius 3 is 2.40 bits per heavy atom. The molecule has 10 heavy (non-hydrogen) atoms. The normalized spacial score (nSPS) is 13.0. The van der Waals surface area contributed by atoms with Crippen LogP contribution in [-0.4, -0.2) is 8.76 Å². The SMILES string of the molecule is O=S(O)c1ccccc1F. The summed E-state index contributed by atoms with van der Waals surface area (Å²) in [4.78, 5) is -0.178. The third-order valence-corrected chi connectivity index (χ3v) is 1.73. The molecule has 0 saturated heterocycles. The fraction of sp³-hybridized carbons (Fsp3) is 0. The number of halogens is 1. The third kappa shape index (κ3) is 1.40. The average molecular weight is 160 g/mol. The van der Waals surface area contributed by atoms with E-state index in [0.29, 0.717) is 0 Å². The zero-order valence-corrected chi connectivity index (χ0v) is 5.77. The lowest BCUT2D eigenvalue weighted by molar-refractivity contribution is 0.544. The van der Waals surface area contributed by atoms with Crippen molar-refractivity contribution in [3.63, 3.8) is 0 Å². The Morgan fingerprint density at radius 1 is 1.40 bits per heavy atom. The molecular formula is C6H5FO2S. The van der Waals surface area contributed by atoms with Gasteiger partial charge in [-0.05, 0) is 12.1 Å². The molecule has 0 aromatic heterocycles. The van der Waals surface area contributed by atoms with Gasteiger partial charge < -0.3 is 4.55 Å². The first-order valence-corrected chi connectivity index (χ1v) is 3.68. The summed E-state index contributed by atoms with van der Waals surface area (Å²) in [6, 6.07) is 5.38. The first-order valence-electron chi connectivity index (χ1n) is 2.57. The van der Waals surface area contributed by atoms with Crippen LogP contribution in [0.3, 0.4) is 0 Å². The summed E-state index contributed by atoms with van der Waals surface area (Å²) in [5.41, 5.74) is 0. The van der Waals surface area contributed by atoms with Crippen molar-refractivity contribution in [1.82, 2.24) is 0 Å². The van der Waals surface area contributed by atoms with Crippen molar-refractivity contribution in [2.75, 3.05) is 0 Å². The molecule has 2 nitrogen and oxygen atoms in total. The Morgan fingerprint density at radius 2 is 2.00 bits per heavy atom. The Balaban J connectivity index is 3.15. The lowest BCUT2D eigenvalue weighted by atomic mass is 10.4. The molecule has 0 spiro atoms. The van der Waals surface area contributed by atoms with E-state index < -0.39 is 16.9 Å². The molecule has 0 bridgehead atoms. The van der Waals surface area contributed by atoms with E-state index in [1.54, 1.807) is 0 Å². The van der Waals surface area contributed by atoms with Crippen LogP contribution in [0.2, 0.25) is 0 Å². The highest BCUT2D eigenvalue weighted by atomic mass is 32.2. The minimum absolute atomic E-state index is 0.178. The van der Waals surface area contributed by atoms with Crippen molar-refractivity contribution in [3.05, 3.63) is 30.1 Å². The lowest BCUT2D eigenvalue weighted by Gasteiger charge is -1.93. The van der Waals surface area contributed by atoms with Crippen molar-refractivity contribution in [2.45, 2.75) is 4.90 Å². The molecule has 0 saturated carbocycles. The van der Waals surface area contributed by atoms with E-state index in [1.807, 2.05) is 0 Å². The summed E-state index contributed by atoms with van der Waals surface area (Å²) in [6.07, 6.45) is 0. The topological polar surface area (TPSA) is 37.3 Å². The van der Waals surface area contributed by atoms with E-state index in [0.717, 1.165) is 6.07 Å². The monoisotopic (exact) mass is 160 g/mol. The number of rotatable bonds is 1. The molecule has 0 aliphatic rings. The van der Waals surface area contributed by atoms with Crippen LogP contribution >= 0.6 is 0 Å². The van der Waals surface area contributed by atoms with E-state index in [4.69, 9.17) is 4.55 Å². The van der Waals surface area contributed by atoms with Gasteiger partial charge in [0.2, 0.25) is 0 Å². The average Bonchev–Trinajstić information content (AvgIpc) is 1.88. The third-order valence-electron chi connectivity index (χ3n) is 1.02. The van der Waals surface area contributed by atoms with Gasteiger partial charge in [0.1, 0.15) is 10.7 Å². The second kappa shape index (κ2) is 2.90. The molecule has 1 rings (SSSR count). The predicted octanol–water partition coefficient (Wildman–Crippen LogP) is 1.41.